The summed E-state index contributed by atoms with van der Waals surface area (Å²) >= 11 is 0. The fourth-order valence-electron chi connectivity index (χ4n) is 3.15. The first-order chi connectivity index (χ1) is 10.1. The number of carboxylic acid groups (broad SMARTS) is 1. The van der Waals surface area contributed by atoms with Gasteiger partial charge in [0.25, 0.3) is 0 Å². The highest BCUT2D eigenvalue weighted by Crippen LogP contribution is 2.31. The molecule has 3 atom stereocenters. The SMILES string of the molecule is COc1ccc(CC(C)NCC2CCCC2C(=O)O)cc1. The quantitative estimate of drug-likeness (QED) is 0.811. The van der Waals surface area contributed by atoms with Crippen molar-refractivity contribution in [2.75, 3.05) is 13.7 Å². The number of aliphatic carboxylic acids is 1. The molecule has 1 aromatic carbocycles. The maximum absolute atomic E-state index is 11.2. The van der Waals surface area contributed by atoms with Gasteiger partial charge in [-0.15, -0.1) is 0 Å². The van der Waals surface area contributed by atoms with E-state index in [2.05, 4.69) is 24.4 Å². The fourth-order valence-corrected chi connectivity index (χ4v) is 3.15. The van der Waals surface area contributed by atoms with Crippen molar-refractivity contribution < 1.29 is 14.6 Å². The van der Waals surface area contributed by atoms with Crippen LogP contribution in [0.15, 0.2) is 24.3 Å². The molecule has 0 amide bonds. The second-order valence-electron chi connectivity index (χ2n) is 6.00. The molecule has 1 saturated carbocycles. The van der Waals surface area contributed by atoms with Gasteiger partial charge in [-0.05, 0) is 56.3 Å². The number of hydrogen-bond acceptors (Lipinski definition) is 3. The van der Waals surface area contributed by atoms with E-state index in [1.165, 1.54) is 5.56 Å². The van der Waals surface area contributed by atoms with E-state index >= 15 is 0 Å². The summed E-state index contributed by atoms with van der Waals surface area (Å²) in [4.78, 5) is 11.2. The van der Waals surface area contributed by atoms with Gasteiger partial charge in [0.1, 0.15) is 5.75 Å². The third kappa shape index (κ3) is 4.46. The molecule has 0 saturated heterocycles. The van der Waals surface area contributed by atoms with E-state index in [9.17, 15) is 9.90 Å². The molecule has 1 aliphatic rings. The molecular formula is C17H25NO3. The first-order valence-corrected chi connectivity index (χ1v) is 7.69. The van der Waals surface area contributed by atoms with Crippen molar-refractivity contribution in [3.8, 4) is 5.75 Å². The highest BCUT2D eigenvalue weighted by atomic mass is 16.5. The molecule has 3 unspecified atom stereocenters. The molecular weight excluding hydrogens is 266 g/mol. The molecule has 1 fully saturated rings. The van der Waals surface area contributed by atoms with Crippen molar-refractivity contribution in [3.05, 3.63) is 29.8 Å². The molecule has 0 heterocycles. The van der Waals surface area contributed by atoms with Crippen molar-refractivity contribution in [2.24, 2.45) is 11.8 Å². The highest BCUT2D eigenvalue weighted by molar-refractivity contribution is 5.70. The molecule has 1 aromatic rings. The Morgan fingerprint density at radius 2 is 2.10 bits per heavy atom. The minimum Gasteiger partial charge on any atom is -0.497 e. The lowest BCUT2D eigenvalue weighted by molar-refractivity contribution is -0.142. The Labute approximate surface area is 126 Å². The molecule has 4 heteroatoms. The first-order valence-electron chi connectivity index (χ1n) is 7.69. The van der Waals surface area contributed by atoms with Crippen molar-refractivity contribution >= 4 is 5.97 Å². The van der Waals surface area contributed by atoms with E-state index in [0.717, 1.165) is 38.0 Å². The molecule has 1 aliphatic carbocycles. The van der Waals surface area contributed by atoms with Crippen LogP contribution in [0.1, 0.15) is 31.7 Å². The molecule has 0 bridgehead atoms. The Morgan fingerprint density at radius 3 is 2.71 bits per heavy atom. The summed E-state index contributed by atoms with van der Waals surface area (Å²) in [7, 11) is 1.67. The zero-order valence-corrected chi connectivity index (χ0v) is 12.8. The number of carbonyl (C=O) groups is 1. The molecule has 0 aliphatic heterocycles. The van der Waals surface area contributed by atoms with E-state index in [1.54, 1.807) is 7.11 Å². The summed E-state index contributed by atoms with van der Waals surface area (Å²) in [5.41, 5.74) is 1.26. The van der Waals surface area contributed by atoms with Gasteiger partial charge in [-0.25, -0.2) is 0 Å². The number of hydrogen-bond donors (Lipinski definition) is 2. The number of ether oxygens (including phenoxy) is 1. The average molecular weight is 291 g/mol. The van der Waals surface area contributed by atoms with Crippen molar-refractivity contribution in [1.82, 2.24) is 5.32 Å². The number of methoxy groups -OCH3 is 1. The number of nitrogens with one attached hydrogen (secondary N) is 1. The van der Waals surface area contributed by atoms with E-state index in [0.29, 0.717) is 6.04 Å². The van der Waals surface area contributed by atoms with Gasteiger partial charge < -0.3 is 15.2 Å². The van der Waals surface area contributed by atoms with Crippen LogP contribution in [0, 0.1) is 11.8 Å². The summed E-state index contributed by atoms with van der Waals surface area (Å²) in [6, 6.07) is 8.44. The lowest BCUT2D eigenvalue weighted by Gasteiger charge is -2.20. The Morgan fingerprint density at radius 1 is 1.38 bits per heavy atom. The normalized spacial score (nSPS) is 23.0. The van der Waals surface area contributed by atoms with Crippen LogP contribution in [-0.2, 0) is 11.2 Å². The van der Waals surface area contributed by atoms with Gasteiger partial charge in [-0.2, -0.15) is 0 Å². The zero-order chi connectivity index (χ0) is 15.2. The van der Waals surface area contributed by atoms with E-state index in [4.69, 9.17) is 4.74 Å². The third-order valence-corrected chi connectivity index (χ3v) is 4.41. The van der Waals surface area contributed by atoms with Gasteiger partial charge >= 0.3 is 5.97 Å². The van der Waals surface area contributed by atoms with Crippen LogP contribution in [0.3, 0.4) is 0 Å². The molecule has 0 spiro atoms. The van der Waals surface area contributed by atoms with E-state index in [-0.39, 0.29) is 11.8 Å². The van der Waals surface area contributed by atoms with E-state index in [1.807, 2.05) is 12.1 Å². The van der Waals surface area contributed by atoms with Crippen LogP contribution < -0.4 is 10.1 Å². The first kappa shape index (κ1) is 15.8. The van der Waals surface area contributed by atoms with Crippen LogP contribution >= 0.6 is 0 Å². The Bertz CT molecular complexity index is 458. The second-order valence-corrected chi connectivity index (χ2v) is 6.00. The Balaban J connectivity index is 1.78. The molecule has 116 valence electrons. The highest BCUT2D eigenvalue weighted by Gasteiger charge is 2.32. The summed E-state index contributed by atoms with van der Waals surface area (Å²) < 4.78 is 5.15. The zero-order valence-electron chi connectivity index (χ0n) is 12.8. The largest absolute Gasteiger partial charge is 0.497 e. The van der Waals surface area contributed by atoms with Gasteiger partial charge in [0.15, 0.2) is 0 Å². The average Bonchev–Trinajstić information content (AvgIpc) is 2.94. The van der Waals surface area contributed by atoms with Gasteiger partial charge in [-0.1, -0.05) is 18.6 Å². The second kappa shape index (κ2) is 7.46. The Kier molecular flexibility index (Phi) is 5.62. The van der Waals surface area contributed by atoms with Crippen molar-refractivity contribution in [1.29, 1.82) is 0 Å². The predicted octanol–water partition coefficient (Wildman–Crippen LogP) is 2.72. The standard InChI is InChI=1S/C17H25NO3/c1-12(10-13-6-8-15(21-2)9-7-13)18-11-14-4-3-5-16(14)17(19)20/h6-9,12,14,16,18H,3-5,10-11H2,1-2H3,(H,19,20). The van der Waals surface area contributed by atoms with Crippen LogP contribution in [-0.4, -0.2) is 30.8 Å². The Hall–Kier alpha value is -1.55. The molecule has 4 nitrogen and oxygen atoms in total. The topological polar surface area (TPSA) is 58.6 Å². The fraction of sp³-hybridized carbons (Fsp3) is 0.588. The van der Waals surface area contributed by atoms with Crippen molar-refractivity contribution in [3.63, 3.8) is 0 Å². The van der Waals surface area contributed by atoms with E-state index < -0.39 is 5.97 Å². The number of benzene rings is 1. The summed E-state index contributed by atoms with van der Waals surface area (Å²) in [6.07, 6.45) is 3.83. The maximum atomic E-state index is 11.2. The third-order valence-electron chi connectivity index (χ3n) is 4.41. The summed E-state index contributed by atoms with van der Waals surface area (Å²) in [5, 5.41) is 12.7. The molecule has 2 rings (SSSR count). The van der Waals surface area contributed by atoms with Gasteiger partial charge in [0, 0.05) is 6.04 Å². The van der Waals surface area contributed by atoms with Crippen LogP contribution in [0.25, 0.3) is 0 Å². The molecule has 0 aromatic heterocycles. The summed E-state index contributed by atoms with van der Waals surface area (Å²) in [5.74, 6) is 0.350. The van der Waals surface area contributed by atoms with Gasteiger partial charge in [-0.3, -0.25) is 4.79 Å². The number of rotatable bonds is 7. The predicted molar refractivity (Wildman–Crippen MR) is 82.6 cm³/mol. The maximum Gasteiger partial charge on any atom is 0.306 e. The van der Waals surface area contributed by atoms with Crippen LogP contribution in [0.5, 0.6) is 5.75 Å². The van der Waals surface area contributed by atoms with Gasteiger partial charge in [0.05, 0.1) is 13.0 Å². The lowest BCUT2D eigenvalue weighted by Crippen LogP contribution is -2.35. The minimum atomic E-state index is -0.637. The number of carboxylic acids is 1. The van der Waals surface area contributed by atoms with Crippen molar-refractivity contribution in [2.45, 2.75) is 38.6 Å². The van der Waals surface area contributed by atoms with Crippen LogP contribution in [0.4, 0.5) is 0 Å². The molecule has 2 N–H and O–H groups in total. The monoisotopic (exact) mass is 291 g/mol. The summed E-state index contributed by atoms with van der Waals surface area (Å²) in [6.45, 7) is 2.95. The minimum absolute atomic E-state index is 0.161. The molecule has 0 radical (unpaired) electrons. The van der Waals surface area contributed by atoms with Gasteiger partial charge in [0.2, 0.25) is 0 Å². The lowest BCUT2D eigenvalue weighted by atomic mass is 9.95. The van der Waals surface area contributed by atoms with Crippen LogP contribution in [0.2, 0.25) is 0 Å². The molecule has 21 heavy (non-hydrogen) atoms. The smallest absolute Gasteiger partial charge is 0.306 e.